The van der Waals surface area contributed by atoms with Gasteiger partial charge in [0.25, 0.3) is 0 Å². The molecule has 1 aromatic carbocycles. The largest absolute Gasteiger partial charge is 0.368 e. The molecule has 1 saturated heterocycles. The Balaban J connectivity index is 1.66. The summed E-state index contributed by atoms with van der Waals surface area (Å²) in [5.41, 5.74) is 9.11. The molecule has 8 nitrogen and oxygen atoms in total. The van der Waals surface area contributed by atoms with Crippen LogP contribution in [0.4, 0.5) is 5.82 Å². The number of benzene rings is 1. The molecular weight excluding hydrogens is 478 g/mol. The second kappa shape index (κ2) is 11.3. The summed E-state index contributed by atoms with van der Waals surface area (Å²) in [7, 11) is 0. The highest BCUT2D eigenvalue weighted by atomic mass is 32.2. The van der Waals surface area contributed by atoms with Gasteiger partial charge in [-0.25, -0.2) is 9.36 Å². The fourth-order valence-corrected chi connectivity index (χ4v) is 5.79. The summed E-state index contributed by atoms with van der Waals surface area (Å²) >= 11 is 2.62. The van der Waals surface area contributed by atoms with Crippen LogP contribution in [0.2, 0.25) is 0 Å². The van der Waals surface area contributed by atoms with E-state index in [1.54, 1.807) is 0 Å². The number of piperazine rings is 1. The molecule has 1 unspecified atom stereocenters. The maximum atomic E-state index is 12.4. The number of primary amides is 1. The number of thioether (sulfide) groups is 1. The van der Waals surface area contributed by atoms with Crippen molar-refractivity contribution in [2.24, 2.45) is 5.73 Å². The lowest BCUT2D eigenvalue weighted by Crippen LogP contribution is -2.46. The van der Waals surface area contributed by atoms with Gasteiger partial charge in [0.15, 0.2) is 0 Å². The lowest BCUT2D eigenvalue weighted by Gasteiger charge is -2.36. The van der Waals surface area contributed by atoms with E-state index >= 15 is 0 Å². The number of amides is 1. The van der Waals surface area contributed by atoms with Gasteiger partial charge in [0.05, 0.1) is 11.1 Å². The van der Waals surface area contributed by atoms with Crippen LogP contribution in [0.5, 0.6) is 0 Å². The lowest BCUT2D eigenvalue weighted by atomic mass is 10.0. The van der Waals surface area contributed by atoms with Crippen molar-refractivity contribution < 1.29 is 4.79 Å². The molecule has 0 spiro atoms. The first kappa shape index (κ1) is 24.7. The van der Waals surface area contributed by atoms with Gasteiger partial charge in [-0.3, -0.25) is 9.69 Å². The first-order valence-electron chi connectivity index (χ1n) is 11.3. The van der Waals surface area contributed by atoms with Gasteiger partial charge in [-0.2, -0.15) is 10.5 Å². The summed E-state index contributed by atoms with van der Waals surface area (Å²) in [5.74, 6) is 0.0614. The van der Waals surface area contributed by atoms with Crippen LogP contribution < -0.4 is 10.6 Å². The Kier molecular flexibility index (Phi) is 7.98. The lowest BCUT2D eigenvalue weighted by molar-refractivity contribution is -0.117. The van der Waals surface area contributed by atoms with E-state index in [1.165, 1.54) is 28.9 Å². The molecule has 3 heterocycles. The molecule has 35 heavy (non-hydrogen) atoms. The number of nitrogens with two attached hydrogens (primary N) is 1. The van der Waals surface area contributed by atoms with Crippen molar-refractivity contribution >= 4 is 35.0 Å². The zero-order chi connectivity index (χ0) is 24.8. The van der Waals surface area contributed by atoms with Crippen molar-refractivity contribution in [2.45, 2.75) is 30.2 Å². The standard InChI is InChI=1S/C25H25N7OS2/c1-2-19-20(12-26)24(32-10-8-31(9-11-32)15-17-14-29-34-16-17)30-25(21(19)13-27)35-22(23(28)33)18-6-4-3-5-7-18/h3-7,14,16,22H,2,8-11,15H2,1H3,(H2,28,33). The van der Waals surface area contributed by atoms with Crippen molar-refractivity contribution in [3.05, 3.63) is 69.7 Å². The van der Waals surface area contributed by atoms with Gasteiger partial charge in [0.1, 0.15) is 28.2 Å². The van der Waals surface area contributed by atoms with E-state index in [2.05, 4.69) is 31.7 Å². The maximum Gasteiger partial charge on any atom is 0.235 e. The average molecular weight is 504 g/mol. The Hall–Kier alpha value is -3.44. The molecule has 178 valence electrons. The fourth-order valence-electron chi connectivity index (χ4n) is 4.21. The van der Waals surface area contributed by atoms with Crippen molar-refractivity contribution in [3.63, 3.8) is 0 Å². The molecule has 0 radical (unpaired) electrons. The third-order valence-corrected chi connectivity index (χ3v) is 7.87. The number of pyridine rings is 1. The second-order valence-electron chi connectivity index (χ2n) is 8.15. The van der Waals surface area contributed by atoms with Crippen LogP contribution in [0.25, 0.3) is 0 Å². The Bertz CT molecular complexity index is 1260. The van der Waals surface area contributed by atoms with Crippen molar-refractivity contribution in [3.8, 4) is 12.1 Å². The van der Waals surface area contributed by atoms with Crippen LogP contribution in [0.1, 0.15) is 40.0 Å². The molecule has 10 heteroatoms. The molecule has 1 amide bonds. The zero-order valence-corrected chi connectivity index (χ0v) is 21.0. The number of rotatable bonds is 8. The summed E-state index contributed by atoms with van der Waals surface area (Å²) in [5, 5.41) is 21.8. The number of anilines is 1. The third-order valence-electron chi connectivity index (χ3n) is 5.98. The number of nitriles is 2. The van der Waals surface area contributed by atoms with Crippen LogP contribution >= 0.6 is 23.3 Å². The fraction of sp³-hybridized carbons (Fsp3) is 0.320. The highest BCUT2D eigenvalue weighted by Gasteiger charge is 2.28. The van der Waals surface area contributed by atoms with Crippen molar-refractivity contribution in [2.75, 3.05) is 31.1 Å². The van der Waals surface area contributed by atoms with Gasteiger partial charge in [0, 0.05) is 44.3 Å². The zero-order valence-electron chi connectivity index (χ0n) is 19.3. The summed E-state index contributed by atoms with van der Waals surface area (Å²) in [6.45, 7) is 5.81. The maximum absolute atomic E-state index is 12.4. The molecule has 1 atom stereocenters. The van der Waals surface area contributed by atoms with E-state index in [0.717, 1.165) is 25.2 Å². The summed E-state index contributed by atoms with van der Waals surface area (Å²) in [6.07, 6.45) is 2.40. The van der Waals surface area contributed by atoms with E-state index in [0.29, 0.717) is 47.0 Å². The van der Waals surface area contributed by atoms with Gasteiger partial charge in [0.2, 0.25) is 5.91 Å². The van der Waals surface area contributed by atoms with Gasteiger partial charge in [-0.1, -0.05) is 49.0 Å². The van der Waals surface area contributed by atoms with E-state index in [9.17, 15) is 15.3 Å². The van der Waals surface area contributed by atoms with Crippen LogP contribution in [0, 0.1) is 22.7 Å². The van der Waals surface area contributed by atoms with Crippen LogP contribution in [-0.2, 0) is 17.8 Å². The highest BCUT2D eigenvalue weighted by Crippen LogP contribution is 2.39. The van der Waals surface area contributed by atoms with Gasteiger partial charge < -0.3 is 10.6 Å². The van der Waals surface area contributed by atoms with Crippen molar-refractivity contribution in [1.29, 1.82) is 10.5 Å². The van der Waals surface area contributed by atoms with Crippen LogP contribution in [0.15, 0.2) is 46.9 Å². The molecule has 3 aromatic rings. The number of carbonyl (C=O) groups is 1. The van der Waals surface area contributed by atoms with E-state index < -0.39 is 11.2 Å². The molecule has 1 fully saturated rings. The number of hydrogen-bond donors (Lipinski definition) is 1. The predicted molar refractivity (Wildman–Crippen MR) is 137 cm³/mol. The van der Waals surface area contributed by atoms with Gasteiger partial charge >= 0.3 is 0 Å². The highest BCUT2D eigenvalue weighted by molar-refractivity contribution is 8.00. The van der Waals surface area contributed by atoms with Crippen LogP contribution in [0.3, 0.4) is 0 Å². The number of aromatic nitrogens is 2. The normalized spacial score (nSPS) is 14.8. The van der Waals surface area contributed by atoms with E-state index in [4.69, 9.17) is 10.7 Å². The molecule has 2 N–H and O–H groups in total. The Morgan fingerprint density at radius 2 is 1.89 bits per heavy atom. The molecule has 0 saturated carbocycles. The first-order chi connectivity index (χ1) is 17.0. The van der Waals surface area contributed by atoms with Crippen molar-refractivity contribution in [1.82, 2.24) is 14.3 Å². The predicted octanol–water partition coefficient (Wildman–Crippen LogP) is 3.48. The molecule has 4 rings (SSSR count). The smallest absolute Gasteiger partial charge is 0.235 e. The summed E-state index contributed by atoms with van der Waals surface area (Å²) < 4.78 is 4.17. The average Bonchev–Trinajstić information content (AvgIpc) is 3.40. The topological polar surface area (TPSA) is 123 Å². The molecule has 1 aliphatic heterocycles. The Morgan fingerprint density at radius 1 is 1.17 bits per heavy atom. The van der Waals surface area contributed by atoms with E-state index in [1.807, 2.05) is 43.5 Å². The molecule has 2 aromatic heterocycles. The molecule has 1 aliphatic rings. The minimum Gasteiger partial charge on any atom is -0.368 e. The number of hydrogen-bond acceptors (Lipinski definition) is 9. The monoisotopic (exact) mass is 503 g/mol. The summed E-state index contributed by atoms with van der Waals surface area (Å²) in [4.78, 5) is 21.6. The summed E-state index contributed by atoms with van der Waals surface area (Å²) in [6, 6.07) is 13.8. The Labute approximate surface area is 213 Å². The third kappa shape index (κ3) is 5.46. The molecule has 0 bridgehead atoms. The Morgan fingerprint density at radius 3 is 2.46 bits per heavy atom. The van der Waals surface area contributed by atoms with Crippen LogP contribution in [-0.4, -0.2) is 46.3 Å². The second-order valence-corrected chi connectivity index (χ2v) is 9.90. The van der Waals surface area contributed by atoms with Gasteiger partial charge in [-0.15, -0.1) is 0 Å². The SMILES string of the molecule is CCc1c(C#N)c(SC(C(N)=O)c2ccccc2)nc(N2CCN(Cc3cnsc3)CC2)c1C#N. The minimum atomic E-state index is -0.697. The molecule has 0 aliphatic carbocycles. The quantitative estimate of drug-likeness (QED) is 0.464. The number of nitrogens with zero attached hydrogens (tertiary/aromatic N) is 6. The minimum absolute atomic E-state index is 0.337. The first-order valence-corrected chi connectivity index (χ1v) is 13.0. The van der Waals surface area contributed by atoms with Gasteiger partial charge in [-0.05, 0) is 34.6 Å². The van der Waals surface area contributed by atoms with E-state index in [-0.39, 0.29) is 0 Å². The number of carbonyl (C=O) groups excluding carboxylic acids is 1. The molecular formula is C25H25N7OS2.